The first kappa shape index (κ1) is 17.3. The summed E-state index contributed by atoms with van der Waals surface area (Å²) in [5, 5.41) is 0. The number of carbonyl (C=O) groups is 2. The first-order chi connectivity index (χ1) is 11.2. The molecule has 1 aliphatic heterocycles. The quantitative estimate of drug-likeness (QED) is 0.514. The Balaban J connectivity index is 1.44. The summed E-state index contributed by atoms with van der Waals surface area (Å²) in [5.41, 5.74) is 1.16. The van der Waals surface area contributed by atoms with Gasteiger partial charge >= 0.3 is 12.1 Å². The summed E-state index contributed by atoms with van der Waals surface area (Å²) in [4.78, 5) is 22.3. The highest BCUT2D eigenvalue weighted by atomic mass is 16.7. The molecule has 1 saturated heterocycles. The van der Waals surface area contributed by atoms with Crippen LogP contribution >= 0.6 is 0 Å². The maximum Gasteiger partial charge on any atom is 0.508 e. The summed E-state index contributed by atoms with van der Waals surface area (Å²) in [5.74, 6) is -0.290. The van der Waals surface area contributed by atoms with Crippen LogP contribution in [-0.4, -0.2) is 38.0 Å². The number of cyclic esters (lactones) is 2. The lowest BCUT2D eigenvalue weighted by atomic mass is 10.2. The zero-order valence-electron chi connectivity index (χ0n) is 13.1. The fourth-order valence-electron chi connectivity index (χ4n) is 2.14. The van der Waals surface area contributed by atoms with Crippen LogP contribution in [0.5, 0.6) is 0 Å². The van der Waals surface area contributed by atoms with E-state index in [0.717, 1.165) is 24.8 Å². The highest BCUT2D eigenvalue weighted by Gasteiger charge is 2.23. The standard InChI is InChI=1S/C17H22O6/c18-16(23-15-12-21-17(19)22-13-15)9-5-2-6-10-20-11-14-7-3-1-4-8-14/h1,3-4,7-8,15H,2,5-6,9-13H2. The molecule has 1 fully saturated rings. The molecule has 0 unspecified atom stereocenters. The van der Waals surface area contributed by atoms with Crippen molar-refractivity contribution in [3.63, 3.8) is 0 Å². The van der Waals surface area contributed by atoms with E-state index in [9.17, 15) is 9.59 Å². The van der Waals surface area contributed by atoms with Gasteiger partial charge in [0.1, 0.15) is 13.2 Å². The topological polar surface area (TPSA) is 71.1 Å². The van der Waals surface area contributed by atoms with Crippen molar-refractivity contribution in [2.45, 2.75) is 38.4 Å². The molecule has 0 aliphatic carbocycles. The SMILES string of the molecule is O=C(CCCCCOCc1ccccc1)OC1COC(=O)OC1. The molecular formula is C17H22O6. The Kier molecular flexibility index (Phi) is 7.39. The molecule has 0 amide bonds. The van der Waals surface area contributed by atoms with E-state index in [4.69, 9.17) is 9.47 Å². The Morgan fingerprint density at radius 2 is 1.83 bits per heavy atom. The maximum absolute atomic E-state index is 11.6. The average molecular weight is 322 g/mol. The molecule has 1 aromatic carbocycles. The summed E-state index contributed by atoms with van der Waals surface area (Å²) in [6.45, 7) is 1.43. The molecule has 126 valence electrons. The maximum atomic E-state index is 11.6. The molecule has 0 atom stereocenters. The van der Waals surface area contributed by atoms with Gasteiger partial charge in [-0.1, -0.05) is 36.8 Å². The molecule has 0 radical (unpaired) electrons. The van der Waals surface area contributed by atoms with Crippen LogP contribution in [0.1, 0.15) is 31.2 Å². The molecule has 1 aliphatic rings. The fourth-order valence-corrected chi connectivity index (χ4v) is 2.14. The van der Waals surface area contributed by atoms with E-state index in [1.165, 1.54) is 0 Å². The highest BCUT2D eigenvalue weighted by Crippen LogP contribution is 2.08. The van der Waals surface area contributed by atoms with E-state index < -0.39 is 12.3 Å². The third-order valence-electron chi connectivity index (χ3n) is 3.35. The van der Waals surface area contributed by atoms with Crippen molar-refractivity contribution >= 4 is 12.1 Å². The van der Waals surface area contributed by atoms with Gasteiger partial charge in [-0.3, -0.25) is 4.79 Å². The molecule has 0 N–H and O–H groups in total. The molecular weight excluding hydrogens is 300 g/mol. The number of hydrogen-bond acceptors (Lipinski definition) is 6. The molecule has 6 nitrogen and oxygen atoms in total. The van der Waals surface area contributed by atoms with Crippen molar-refractivity contribution in [1.82, 2.24) is 0 Å². The second-order valence-electron chi connectivity index (χ2n) is 5.33. The number of benzene rings is 1. The Hall–Kier alpha value is -2.08. The van der Waals surface area contributed by atoms with E-state index >= 15 is 0 Å². The van der Waals surface area contributed by atoms with Gasteiger partial charge in [0.2, 0.25) is 0 Å². The molecule has 6 heteroatoms. The highest BCUT2D eigenvalue weighted by molar-refractivity contribution is 5.69. The summed E-state index contributed by atoms with van der Waals surface area (Å²) in [6, 6.07) is 10.0. The van der Waals surface area contributed by atoms with E-state index in [1.54, 1.807) is 0 Å². The lowest BCUT2D eigenvalue weighted by molar-refractivity contribution is -0.158. The Bertz CT molecular complexity index is 477. The van der Waals surface area contributed by atoms with Gasteiger partial charge in [-0.05, 0) is 18.4 Å². The number of ether oxygens (including phenoxy) is 4. The normalized spacial score (nSPS) is 14.9. The molecule has 2 rings (SSSR count). The van der Waals surface area contributed by atoms with Crippen molar-refractivity contribution < 1.29 is 28.5 Å². The molecule has 1 heterocycles. The van der Waals surface area contributed by atoms with E-state index in [0.29, 0.717) is 19.6 Å². The minimum Gasteiger partial charge on any atom is -0.455 e. The smallest absolute Gasteiger partial charge is 0.455 e. The summed E-state index contributed by atoms with van der Waals surface area (Å²) < 4.78 is 20.0. The molecule has 0 aromatic heterocycles. The first-order valence-electron chi connectivity index (χ1n) is 7.85. The van der Waals surface area contributed by atoms with Crippen LogP contribution in [-0.2, 0) is 30.3 Å². The van der Waals surface area contributed by atoms with E-state index in [1.807, 2.05) is 30.3 Å². The number of esters is 1. The third-order valence-corrected chi connectivity index (χ3v) is 3.35. The fraction of sp³-hybridized carbons (Fsp3) is 0.529. The van der Waals surface area contributed by atoms with Gasteiger partial charge in [-0.2, -0.15) is 0 Å². The molecule has 23 heavy (non-hydrogen) atoms. The average Bonchev–Trinajstić information content (AvgIpc) is 2.57. The molecule has 0 bridgehead atoms. The van der Waals surface area contributed by atoms with Gasteiger partial charge in [0, 0.05) is 13.0 Å². The number of hydrogen-bond donors (Lipinski definition) is 0. The Labute approximate surface area is 135 Å². The predicted molar refractivity (Wildman–Crippen MR) is 81.7 cm³/mol. The van der Waals surface area contributed by atoms with Crippen LogP contribution in [0.2, 0.25) is 0 Å². The van der Waals surface area contributed by atoms with Crippen molar-refractivity contribution in [3.05, 3.63) is 35.9 Å². The zero-order chi connectivity index (χ0) is 16.3. The Morgan fingerprint density at radius 1 is 1.09 bits per heavy atom. The minimum atomic E-state index is -0.715. The Morgan fingerprint density at radius 3 is 2.57 bits per heavy atom. The first-order valence-corrected chi connectivity index (χ1v) is 7.85. The van der Waals surface area contributed by atoms with Crippen molar-refractivity contribution in [2.75, 3.05) is 19.8 Å². The van der Waals surface area contributed by atoms with Gasteiger partial charge in [0.05, 0.1) is 6.61 Å². The second kappa shape index (κ2) is 9.84. The molecule has 1 aromatic rings. The third kappa shape index (κ3) is 7.15. The minimum absolute atomic E-state index is 0.0674. The second-order valence-corrected chi connectivity index (χ2v) is 5.33. The van der Waals surface area contributed by atoms with Crippen LogP contribution in [0.15, 0.2) is 30.3 Å². The number of rotatable bonds is 9. The number of carbonyl (C=O) groups excluding carboxylic acids is 2. The van der Waals surface area contributed by atoms with Crippen molar-refractivity contribution in [2.24, 2.45) is 0 Å². The van der Waals surface area contributed by atoms with E-state index in [-0.39, 0.29) is 19.2 Å². The molecule has 0 spiro atoms. The van der Waals surface area contributed by atoms with Gasteiger partial charge in [-0.25, -0.2) is 4.79 Å². The largest absolute Gasteiger partial charge is 0.508 e. The van der Waals surface area contributed by atoms with Crippen LogP contribution in [0.25, 0.3) is 0 Å². The van der Waals surface area contributed by atoms with Gasteiger partial charge < -0.3 is 18.9 Å². The van der Waals surface area contributed by atoms with Crippen molar-refractivity contribution in [3.8, 4) is 0 Å². The predicted octanol–water partition coefficient (Wildman–Crippen LogP) is 2.84. The van der Waals surface area contributed by atoms with Gasteiger partial charge in [0.25, 0.3) is 0 Å². The van der Waals surface area contributed by atoms with Crippen LogP contribution in [0, 0.1) is 0 Å². The van der Waals surface area contributed by atoms with Gasteiger partial charge in [0.15, 0.2) is 6.10 Å². The monoisotopic (exact) mass is 322 g/mol. The van der Waals surface area contributed by atoms with Crippen LogP contribution in [0.3, 0.4) is 0 Å². The lowest BCUT2D eigenvalue weighted by Gasteiger charge is -2.21. The van der Waals surface area contributed by atoms with Crippen LogP contribution < -0.4 is 0 Å². The van der Waals surface area contributed by atoms with E-state index in [2.05, 4.69) is 9.47 Å². The number of unbranched alkanes of at least 4 members (excludes halogenated alkanes) is 2. The molecule has 0 saturated carbocycles. The van der Waals surface area contributed by atoms with Gasteiger partial charge in [-0.15, -0.1) is 0 Å². The van der Waals surface area contributed by atoms with Crippen molar-refractivity contribution in [1.29, 1.82) is 0 Å². The van der Waals surface area contributed by atoms with Crippen LogP contribution in [0.4, 0.5) is 4.79 Å². The summed E-state index contributed by atoms with van der Waals surface area (Å²) in [6.07, 6.45) is 1.70. The zero-order valence-corrected chi connectivity index (χ0v) is 13.1. The summed E-state index contributed by atoms with van der Waals surface area (Å²) >= 11 is 0. The summed E-state index contributed by atoms with van der Waals surface area (Å²) in [7, 11) is 0. The lowest BCUT2D eigenvalue weighted by Crippen LogP contribution is -2.35.